The van der Waals surface area contributed by atoms with Crippen molar-refractivity contribution in [3.05, 3.63) is 47.9 Å². The van der Waals surface area contributed by atoms with Gasteiger partial charge < -0.3 is 14.6 Å². The molecule has 0 bridgehead atoms. The molecule has 1 saturated heterocycles. The maximum atomic E-state index is 12.6. The van der Waals surface area contributed by atoms with Crippen molar-refractivity contribution in [3.8, 4) is 0 Å². The van der Waals surface area contributed by atoms with Gasteiger partial charge in [-0.3, -0.25) is 4.79 Å². The molecule has 1 fully saturated rings. The predicted octanol–water partition coefficient (Wildman–Crippen LogP) is 1.85. The quantitative estimate of drug-likeness (QED) is 0.777. The lowest BCUT2D eigenvalue weighted by atomic mass is 10.1. The van der Waals surface area contributed by atoms with Crippen LogP contribution >= 0.6 is 0 Å². The predicted molar refractivity (Wildman–Crippen MR) is 97.6 cm³/mol. The van der Waals surface area contributed by atoms with Crippen LogP contribution < -0.4 is 0 Å². The molecule has 7 heteroatoms. The first-order valence-corrected chi connectivity index (χ1v) is 8.80. The van der Waals surface area contributed by atoms with Gasteiger partial charge in [-0.1, -0.05) is 23.4 Å². The van der Waals surface area contributed by atoms with E-state index in [9.17, 15) is 9.90 Å². The smallest absolute Gasteiger partial charge is 0.242 e. The highest BCUT2D eigenvalue weighted by Crippen LogP contribution is 2.25. The number of amides is 1. The number of para-hydroxylation sites is 1. The van der Waals surface area contributed by atoms with E-state index in [1.54, 1.807) is 24.7 Å². The summed E-state index contributed by atoms with van der Waals surface area (Å²) in [6.45, 7) is 6.97. The Morgan fingerprint density at radius 1 is 1.31 bits per heavy atom. The molecular formula is C19H23N5O2. The van der Waals surface area contributed by atoms with Gasteiger partial charge in [0.1, 0.15) is 17.8 Å². The molecule has 0 aliphatic carbocycles. The van der Waals surface area contributed by atoms with E-state index in [2.05, 4.69) is 27.0 Å². The van der Waals surface area contributed by atoms with Gasteiger partial charge in [0.05, 0.1) is 12.2 Å². The molecule has 0 spiro atoms. The molecule has 0 atom stereocenters. The van der Waals surface area contributed by atoms with Crippen LogP contribution in [-0.4, -0.2) is 48.6 Å². The zero-order valence-corrected chi connectivity index (χ0v) is 15.3. The standard InChI is InChI=1S/C19H23N5O2/c1-13-8-14-6-4-5-7-16(14)23(13)12-18(25)22-9-15(10-22)24-11-17(20-21-24)19(2,3)26/h4-8,11,15,26H,9-10,12H2,1-3H3. The second kappa shape index (κ2) is 5.95. The molecule has 1 aliphatic rings. The third-order valence-corrected chi connectivity index (χ3v) is 5.04. The molecule has 136 valence electrons. The van der Waals surface area contributed by atoms with Crippen LogP contribution in [0.25, 0.3) is 10.9 Å². The first-order chi connectivity index (χ1) is 12.3. The summed E-state index contributed by atoms with van der Waals surface area (Å²) in [5.74, 6) is 0.105. The second-order valence-electron chi connectivity index (χ2n) is 7.53. The number of hydrogen-bond donors (Lipinski definition) is 1. The number of hydrogen-bond acceptors (Lipinski definition) is 4. The molecule has 0 radical (unpaired) electrons. The minimum atomic E-state index is -1.01. The Hall–Kier alpha value is -2.67. The summed E-state index contributed by atoms with van der Waals surface area (Å²) in [5, 5.41) is 19.3. The molecular weight excluding hydrogens is 330 g/mol. The minimum absolute atomic E-state index is 0.105. The average Bonchev–Trinajstić information content (AvgIpc) is 3.12. The number of aliphatic hydroxyl groups is 1. The van der Waals surface area contributed by atoms with E-state index in [4.69, 9.17) is 0 Å². The number of aromatic nitrogens is 4. The summed E-state index contributed by atoms with van der Waals surface area (Å²) in [5.41, 5.74) is 1.70. The Kier molecular flexibility index (Phi) is 3.84. The molecule has 1 aromatic carbocycles. The lowest BCUT2D eigenvalue weighted by Crippen LogP contribution is -2.51. The molecule has 1 amide bonds. The largest absolute Gasteiger partial charge is 0.384 e. The number of rotatable bonds is 4. The number of carbonyl (C=O) groups is 1. The highest BCUT2D eigenvalue weighted by atomic mass is 16.3. The second-order valence-corrected chi connectivity index (χ2v) is 7.53. The molecule has 1 aliphatic heterocycles. The van der Waals surface area contributed by atoms with E-state index < -0.39 is 5.60 Å². The minimum Gasteiger partial charge on any atom is -0.384 e. The molecule has 7 nitrogen and oxygen atoms in total. The van der Waals surface area contributed by atoms with Crippen LogP contribution in [0.3, 0.4) is 0 Å². The Balaban J connectivity index is 1.42. The summed E-state index contributed by atoms with van der Waals surface area (Å²) in [6.07, 6.45) is 1.76. The highest BCUT2D eigenvalue weighted by Gasteiger charge is 2.34. The van der Waals surface area contributed by atoms with E-state index in [0.29, 0.717) is 25.3 Å². The van der Waals surface area contributed by atoms with Gasteiger partial charge in [0.15, 0.2) is 0 Å². The highest BCUT2D eigenvalue weighted by molar-refractivity contribution is 5.84. The van der Waals surface area contributed by atoms with Crippen LogP contribution in [0.2, 0.25) is 0 Å². The van der Waals surface area contributed by atoms with Gasteiger partial charge in [-0.25, -0.2) is 4.68 Å². The summed E-state index contributed by atoms with van der Waals surface area (Å²) in [4.78, 5) is 14.5. The Bertz CT molecular complexity index is 960. The van der Waals surface area contributed by atoms with Gasteiger partial charge in [0.2, 0.25) is 5.91 Å². The fourth-order valence-electron chi connectivity index (χ4n) is 3.36. The number of aryl methyl sites for hydroxylation is 1. The topological polar surface area (TPSA) is 76.2 Å². The first-order valence-electron chi connectivity index (χ1n) is 8.80. The van der Waals surface area contributed by atoms with Crippen LogP contribution in [0.15, 0.2) is 36.5 Å². The van der Waals surface area contributed by atoms with E-state index >= 15 is 0 Å². The van der Waals surface area contributed by atoms with Crippen molar-refractivity contribution in [2.24, 2.45) is 0 Å². The van der Waals surface area contributed by atoms with Gasteiger partial charge in [0.25, 0.3) is 0 Å². The maximum absolute atomic E-state index is 12.6. The SMILES string of the molecule is Cc1cc2ccccc2n1CC(=O)N1CC(n2cc(C(C)(C)O)nn2)C1. The van der Waals surface area contributed by atoms with Crippen molar-refractivity contribution in [1.82, 2.24) is 24.5 Å². The number of likely N-dealkylation sites (tertiary alicyclic amines) is 1. The number of benzene rings is 1. The van der Waals surface area contributed by atoms with E-state index in [-0.39, 0.29) is 11.9 Å². The van der Waals surface area contributed by atoms with Crippen molar-refractivity contribution >= 4 is 16.8 Å². The monoisotopic (exact) mass is 353 g/mol. The van der Waals surface area contributed by atoms with Crippen LogP contribution in [0, 0.1) is 6.92 Å². The van der Waals surface area contributed by atoms with E-state index in [1.807, 2.05) is 30.0 Å². The summed E-state index contributed by atoms with van der Waals surface area (Å²) in [6, 6.07) is 10.3. The summed E-state index contributed by atoms with van der Waals surface area (Å²) in [7, 11) is 0. The molecule has 3 heterocycles. The number of nitrogens with zero attached hydrogens (tertiary/aromatic N) is 5. The summed E-state index contributed by atoms with van der Waals surface area (Å²) < 4.78 is 3.81. The molecule has 0 unspecified atom stereocenters. The lowest BCUT2D eigenvalue weighted by Gasteiger charge is -2.39. The summed E-state index contributed by atoms with van der Waals surface area (Å²) >= 11 is 0. The van der Waals surface area contributed by atoms with Crippen LogP contribution in [-0.2, 0) is 16.9 Å². The fraction of sp³-hybridized carbons (Fsp3) is 0.421. The third-order valence-electron chi connectivity index (χ3n) is 5.04. The lowest BCUT2D eigenvalue weighted by molar-refractivity contribution is -0.137. The number of fused-ring (bicyclic) bond motifs is 1. The van der Waals surface area contributed by atoms with Gasteiger partial charge in [0, 0.05) is 24.3 Å². The van der Waals surface area contributed by atoms with Gasteiger partial charge in [-0.15, -0.1) is 5.10 Å². The van der Waals surface area contributed by atoms with Crippen molar-refractivity contribution in [2.45, 2.75) is 39.0 Å². The van der Waals surface area contributed by atoms with Crippen molar-refractivity contribution < 1.29 is 9.90 Å². The molecule has 3 aromatic rings. The van der Waals surface area contributed by atoms with Crippen LogP contribution in [0.1, 0.15) is 31.3 Å². The maximum Gasteiger partial charge on any atom is 0.242 e. The zero-order chi connectivity index (χ0) is 18.5. The first kappa shape index (κ1) is 16.8. The Morgan fingerprint density at radius 2 is 2.04 bits per heavy atom. The molecule has 1 N–H and O–H groups in total. The molecule has 26 heavy (non-hydrogen) atoms. The fourth-order valence-corrected chi connectivity index (χ4v) is 3.36. The van der Waals surface area contributed by atoms with E-state index in [0.717, 1.165) is 16.6 Å². The van der Waals surface area contributed by atoms with Crippen LogP contribution in [0.4, 0.5) is 0 Å². The van der Waals surface area contributed by atoms with Crippen molar-refractivity contribution in [2.75, 3.05) is 13.1 Å². The zero-order valence-electron chi connectivity index (χ0n) is 15.3. The van der Waals surface area contributed by atoms with Crippen molar-refractivity contribution in [1.29, 1.82) is 0 Å². The van der Waals surface area contributed by atoms with Gasteiger partial charge >= 0.3 is 0 Å². The molecule has 0 saturated carbocycles. The van der Waals surface area contributed by atoms with Crippen molar-refractivity contribution in [3.63, 3.8) is 0 Å². The van der Waals surface area contributed by atoms with Gasteiger partial charge in [-0.05, 0) is 38.3 Å². The average molecular weight is 353 g/mol. The number of carbonyl (C=O) groups excluding carboxylic acids is 1. The van der Waals surface area contributed by atoms with E-state index in [1.165, 1.54) is 0 Å². The molecule has 2 aromatic heterocycles. The van der Waals surface area contributed by atoms with Crippen LogP contribution in [0.5, 0.6) is 0 Å². The normalized spacial score (nSPS) is 15.5. The Morgan fingerprint density at radius 3 is 2.73 bits per heavy atom. The molecule has 4 rings (SSSR count). The van der Waals surface area contributed by atoms with Gasteiger partial charge in [-0.2, -0.15) is 0 Å². The third kappa shape index (κ3) is 2.88. The Labute approximate surface area is 151 Å².